The number of pyridine rings is 1. The van der Waals surface area contributed by atoms with E-state index in [-0.39, 0.29) is 5.82 Å². The molecule has 0 unspecified atom stereocenters. The van der Waals surface area contributed by atoms with Gasteiger partial charge in [0.05, 0.1) is 16.6 Å². The van der Waals surface area contributed by atoms with Gasteiger partial charge in [-0.15, -0.1) is 11.3 Å². The Bertz CT molecular complexity index is 450. The van der Waals surface area contributed by atoms with E-state index in [1.807, 2.05) is 14.0 Å². The van der Waals surface area contributed by atoms with Gasteiger partial charge in [0.25, 0.3) is 0 Å². The third-order valence-corrected chi connectivity index (χ3v) is 2.96. The van der Waals surface area contributed by atoms with E-state index in [9.17, 15) is 4.39 Å². The van der Waals surface area contributed by atoms with E-state index in [0.29, 0.717) is 0 Å². The maximum Gasteiger partial charge on any atom is 0.142 e. The van der Waals surface area contributed by atoms with E-state index in [1.165, 1.54) is 12.3 Å². The normalized spacial score (nSPS) is 10.7. The van der Waals surface area contributed by atoms with Crippen LogP contribution in [0.15, 0.2) is 12.3 Å². The van der Waals surface area contributed by atoms with E-state index >= 15 is 0 Å². The molecule has 0 aromatic carbocycles. The number of aromatic nitrogens is 1. The summed E-state index contributed by atoms with van der Waals surface area (Å²) in [6, 6.07) is 1.51. The van der Waals surface area contributed by atoms with Gasteiger partial charge in [0.2, 0.25) is 0 Å². The van der Waals surface area contributed by atoms with Crippen LogP contribution in [-0.2, 0) is 0 Å². The molecule has 0 bridgehead atoms. The molecule has 2 nitrogen and oxygen atoms in total. The third-order valence-electron chi connectivity index (χ3n) is 1.92. The van der Waals surface area contributed by atoms with Crippen molar-refractivity contribution in [1.82, 2.24) is 4.98 Å². The molecule has 0 saturated carbocycles. The summed E-state index contributed by atoms with van der Waals surface area (Å²) in [5.41, 5.74) is 1.85. The Morgan fingerprint density at radius 2 is 2.31 bits per heavy atom. The molecule has 0 spiro atoms. The summed E-state index contributed by atoms with van der Waals surface area (Å²) in [5.74, 6) is -0.281. The van der Waals surface area contributed by atoms with Crippen LogP contribution < -0.4 is 5.32 Å². The molecule has 0 aliphatic carbocycles. The Morgan fingerprint density at radius 3 is 3.00 bits per heavy atom. The quantitative estimate of drug-likeness (QED) is 0.758. The molecule has 2 rings (SSSR count). The van der Waals surface area contributed by atoms with Gasteiger partial charge in [-0.05, 0) is 13.0 Å². The molecular weight excluding hydrogens is 187 g/mol. The fourth-order valence-corrected chi connectivity index (χ4v) is 2.42. The predicted octanol–water partition coefficient (Wildman–Crippen LogP) is 2.79. The topological polar surface area (TPSA) is 24.9 Å². The Morgan fingerprint density at radius 1 is 1.54 bits per heavy atom. The first-order valence-corrected chi connectivity index (χ1v) is 4.76. The number of aryl methyl sites for hydroxylation is 1. The van der Waals surface area contributed by atoms with Crippen molar-refractivity contribution in [2.24, 2.45) is 0 Å². The average Bonchev–Trinajstić information content (AvgIpc) is 2.39. The second kappa shape index (κ2) is 2.96. The summed E-state index contributed by atoms with van der Waals surface area (Å²) < 4.78 is 13.7. The maximum absolute atomic E-state index is 12.8. The van der Waals surface area contributed by atoms with Crippen LogP contribution in [0.5, 0.6) is 0 Å². The summed E-state index contributed by atoms with van der Waals surface area (Å²) >= 11 is 1.55. The monoisotopic (exact) mass is 196 g/mol. The number of thiophene rings is 1. The number of rotatable bonds is 1. The largest absolute Gasteiger partial charge is 0.385 e. The van der Waals surface area contributed by atoms with Gasteiger partial charge in [-0.2, -0.15) is 0 Å². The first-order chi connectivity index (χ1) is 6.22. The fourth-order valence-electron chi connectivity index (χ4n) is 1.36. The highest BCUT2D eigenvalue weighted by molar-refractivity contribution is 7.19. The lowest BCUT2D eigenvalue weighted by Crippen LogP contribution is -1.89. The van der Waals surface area contributed by atoms with Gasteiger partial charge in [0.1, 0.15) is 11.3 Å². The second-order valence-corrected chi connectivity index (χ2v) is 4.04. The zero-order chi connectivity index (χ0) is 9.42. The number of fused-ring (bicyclic) bond motifs is 1. The molecule has 2 aromatic heterocycles. The van der Waals surface area contributed by atoms with Crippen LogP contribution in [0.25, 0.3) is 10.2 Å². The van der Waals surface area contributed by atoms with Crippen molar-refractivity contribution >= 4 is 27.2 Å². The van der Waals surface area contributed by atoms with Gasteiger partial charge in [-0.3, -0.25) is 4.98 Å². The van der Waals surface area contributed by atoms with Crippen molar-refractivity contribution in [3.63, 3.8) is 0 Å². The SMILES string of the molecule is CNc1c(C)sc2cc(F)cnc12. The number of hydrogen-bond donors (Lipinski definition) is 1. The van der Waals surface area contributed by atoms with E-state index in [1.54, 1.807) is 11.3 Å². The summed E-state index contributed by atoms with van der Waals surface area (Å²) in [4.78, 5) is 5.18. The Kier molecular flexibility index (Phi) is 1.92. The van der Waals surface area contributed by atoms with Crippen molar-refractivity contribution in [2.75, 3.05) is 12.4 Å². The zero-order valence-electron chi connectivity index (χ0n) is 7.39. The average molecular weight is 196 g/mol. The van der Waals surface area contributed by atoms with Crippen molar-refractivity contribution < 1.29 is 4.39 Å². The number of anilines is 1. The molecule has 0 fully saturated rings. The molecule has 0 amide bonds. The molecule has 13 heavy (non-hydrogen) atoms. The van der Waals surface area contributed by atoms with Crippen LogP contribution in [0, 0.1) is 12.7 Å². The number of halogens is 1. The molecule has 0 radical (unpaired) electrons. The van der Waals surface area contributed by atoms with Crippen LogP contribution >= 0.6 is 11.3 Å². The van der Waals surface area contributed by atoms with Gasteiger partial charge in [0.15, 0.2) is 0 Å². The van der Waals surface area contributed by atoms with Crippen molar-refractivity contribution in [3.8, 4) is 0 Å². The van der Waals surface area contributed by atoms with E-state index in [2.05, 4.69) is 10.3 Å². The fraction of sp³-hybridized carbons (Fsp3) is 0.222. The molecular formula is C9H9FN2S. The van der Waals surface area contributed by atoms with Crippen LogP contribution in [0.4, 0.5) is 10.1 Å². The summed E-state index contributed by atoms with van der Waals surface area (Å²) in [7, 11) is 1.85. The lowest BCUT2D eigenvalue weighted by molar-refractivity contribution is 0.624. The minimum Gasteiger partial charge on any atom is -0.385 e. The molecule has 0 saturated heterocycles. The summed E-state index contributed by atoms with van der Waals surface area (Å²) in [6.07, 6.45) is 1.25. The van der Waals surface area contributed by atoms with Gasteiger partial charge in [0, 0.05) is 11.9 Å². The minimum absolute atomic E-state index is 0.281. The molecule has 0 aliphatic rings. The molecule has 4 heteroatoms. The van der Waals surface area contributed by atoms with E-state index in [4.69, 9.17) is 0 Å². The minimum atomic E-state index is -0.281. The van der Waals surface area contributed by atoms with Crippen LogP contribution in [0.3, 0.4) is 0 Å². The van der Waals surface area contributed by atoms with Gasteiger partial charge in [-0.25, -0.2) is 4.39 Å². The third kappa shape index (κ3) is 1.27. The molecule has 2 heterocycles. The number of nitrogens with zero attached hydrogens (tertiary/aromatic N) is 1. The smallest absolute Gasteiger partial charge is 0.142 e. The van der Waals surface area contributed by atoms with Crippen LogP contribution in [0.1, 0.15) is 4.88 Å². The highest BCUT2D eigenvalue weighted by Crippen LogP contribution is 2.33. The Hall–Kier alpha value is -1.16. The highest BCUT2D eigenvalue weighted by Gasteiger charge is 2.08. The predicted molar refractivity (Wildman–Crippen MR) is 53.9 cm³/mol. The maximum atomic E-state index is 12.8. The first-order valence-electron chi connectivity index (χ1n) is 3.95. The molecule has 0 atom stereocenters. The standard InChI is InChI=1S/C9H9FN2S/c1-5-8(11-2)9-7(13-5)3-6(10)4-12-9/h3-4,11H,1-2H3. The van der Waals surface area contributed by atoms with Crippen LogP contribution in [-0.4, -0.2) is 12.0 Å². The first kappa shape index (κ1) is 8.44. The van der Waals surface area contributed by atoms with E-state index in [0.717, 1.165) is 20.8 Å². The Labute approximate surface area is 79.4 Å². The lowest BCUT2D eigenvalue weighted by Gasteiger charge is -1.97. The zero-order valence-corrected chi connectivity index (χ0v) is 8.20. The molecule has 68 valence electrons. The van der Waals surface area contributed by atoms with E-state index < -0.39 is 0 Å². The molecule has 0 aliphatic heterocycles. The summed E-state index contributed by atoms with van der Waals surface area (Å²) in [5, 5.41) is 3.06. The number of nitrogens with one attached hydrogen (secondary N) is 1. The second-order valence-electron chi connectivity index (χ2n) is 2.78. The van der Waals surface area contributed by atoms with Gasteiger partial charge >= 0.3 is 0 Å². The lowest BCUT2D eigenvalue weighted by atomic mass is 10.3. The van der Waals surface area contributed by atoms with Gasteiger partial charge < -0.3 is 5.32 Å². The number of hydrogen-bond acceptors (Lipinski definition) is 3. The van der Waals surface area contributed by atoms with Gasteiger partial charge in [-0.1, -0.05) is 0 Å². The molecule has 1 N–H and O–H groups in total. The highest BCUT2D eigenvalue weighted by atomic mass is 32.1. The Balaban J connectivity index is 2.79. The van der Waals surface area contributed by atoms with Crippen molar-refractivity contribution in [3.05, 3.63) is 23.0 Å². The summed E-state index contributed by atoms with van der Waals surface area (Å²) in [6.45, 7) is 2.00. The molecule has 2 aromatic rings. The van der Waals surface area contributed by atoms with Crippen molar-refractivity contribution in [1.29, 1.82) is 0 Å². The van der Waals surface area contributed by atoms with Crippen LogP contribution in [0.2, 0.25) is 0 Å². The van der Waals surface area contributed by atoms with Crippen molar-refractivity contribution in [2.45, 2.75) is 6.92 Å².